The predicted molar refractivity (Wildman–Crippen MR) is 70.2 cm³/mol. The molecule has 2 N–H and O–H groups in total. The van der Waals surface area contributed by atoms with Crippen LogP contribution >= 0.6 is 0 Å². The normalized spacial score (nSPS) is 11.2. The molecule has 0 saturated heterocycles. The van der Waals surface area contributed by atoms with Crippen LogP contribution in [0.1, 0.15) is 12.5 Å². The summed E-state index contributed by atoms with van der Waals surface area (Å²) in [6.07, 6.45) is 0.475. The lowest BCUT2D eigenvalue weighted by Crippen LogP contribution is -2.32. The van der Waals surface area contributed by atoms with Crippen molar-refractivity contribution >= 4 is 16.0 Å². The third-order valence-electron chi connectivity index (χ3n) is 2.29. The summed E-state index contributed by atoms with van der Waals surface area (Å²) in [5, 5.41) is 9.10. The Morgan fingerprint density at radius 3 is 2.53 bits per heavy atom. The molecule has 1 rings (SSSR count). The van der Waals surface area contributed by atoms with Gasteiger partial charge in [0.1, 0.15) is 5.75 Å². The molecule has 0 radical (unpaired) electrons. The number of aromatic hydroxyl groups is 1. The van der Waals surface area contributed by atoms with E-state index in [1.807, 2.05) is 0 Å². The van der Waals surface area contributed by atoms with Gasteiger partial charge in [-0.05, 0) is 31.0 Å². The van der Waals surface area contributed by atoms with E-state index in [4.69, 9.17) is 5.11 Å². The smallest absolute Gasteiger partial charge is 0.322 e. The molecule has 0 saturated carbocycles. The molecule has 6 nitrogen and oxygen atoms in total. The first-order chi connectivity index (χ1) is 8.93. The average molecular weight is 287 g/mol. The number of phenols is 1. The van der Waals surface area contributed by atoms with Crippen molar-refractivity contribution in [1.82, 2.24) is 4.72 Å². The van der Waals surface area contributed by atoms with Crippen LogP contribution in [0.4, 0.5) is 0 Å². The van der Waals surface area contributed by atoms with E-state index in [0.29, 0.717) is 6.42 Å². The lowest BCUT2D eigenvalue weighted by Gasteiger charge is -2.06. The molecule has 0 heterocycles. The van der Waals surface area contributed by atoms with Gasteiger partial charge in [0.05, 0.1) is 6.61 Å². The van der Waals surface area contributed by atoms with Crippen LogP contribution in [0.2, 0.25) is 0 Å². The van der Waals surface area contributed by atoms with Gasteiger partial charge in [-0.3, -0.25) is 4.79 Å². The largest absolute Gasteiger partial charge is 0.508 e. The molecular weight excluding hydrogens is 270 g/mol. The first kappa shape index (κ1) is 15.5. The van der Waals surface area contributed by atoms with Crippen LogP contribution in [0.3, 0.4) is 0 Å². The highest BCUT2D eigenvalue weighted by Crippen LogP contribution is 2.09. The Kier molecular flexibility index (Phi) is 5.78. The zero-order valence-corrected chi connectivity index (χ0v) is 11.4. The van der Waals surface area contributed by atoms with Crippen molar-refractivity contribution in [2.75, 3.05) is 18.9 Å². The molecule has 0 aliphatic rings. The molecule has 1 aromatic carbocycles. The van der Waals surface area contributed by atoms with Gasteiger partial charge in [0, 0.05) is 6.54 Å². The van der Waals surface area contributed by atoms with Gasteiger partial charge < -0.3 is 9.84 Å². The molecule has 0 aliphatic heterocycles. The molecule has 1 aromatic rings. The van der Waals surface area contributed by atoms with Gasteiger partial charge in [-0.25, -0.2) is 13.1 Å². The average Bonchev–Trinajstić information content (AvgIpc) is 2.31. The molecule has 0 spiro atoms. The Bertz CT molecular complexity index is 509. The molecule has 0 atom stereocenters. The van der Waals surface area contributed by atoms with Crippen LogP contribution in [-0.4, -0.2) is 38.4 Å². The van der Waals surface area contributed by atoms with E-state index in [9.17, 15) is 13.2 Å². The lowest BCUT2D eigenvalue weighted by atomic mass is 10.1. The van der Waals surface area contributed by atoms with Gasteiger partial charge in [0.15, 0.2) is 5.75 Å². The van der Waals surface area contributed by atoms with E-state index in [1.54, 1.807) is 19.1 Å². The second kappa shape index (κ2) is 7.10. The summed E-state index contributed by atoms with van der Waals surface area (Å²) in [5.74, 6) is -1.28. The Morgan fingerprint density at radius 1 is 1.32 bits per heavy atom. The van der Waals surface area contributed by atoms with Gasteiger partial charge in [0.2, 0.25) is 10.0 Å². The monoisotopic (exact) mass is 287 g/mol. The van der Waals surface area contributed by atoms with Gasteiger partial charge in [-0.15, -0.1) is 0 Å². The molecular formula is C12H17NO5S. The molecule has 0 unspecified atom stereocenters. The summed E-state index contributed by atoms with van der Waals surface area (Å²) in [6, 6.07) is 6.47. The fourth-order valence-corrected chi connectivity index (χ4v) is 2.33. The van der Waals surface area contributed by atoms with Crippen molar-refractivity contribution < 1.29 is 23.1 Å². The molecule has 19 heavy (non-hydrogen) atoms. The van der Waals surface area contributed by atoms with E-state index in [-0.39, 0.29) is 18.9 Å². The summed E-state index contributed by atoms with van der Waals surface area (Å²) < 4.78 is 29.9. The van der Waals surface area contributed by atoms with E-state index >= 15 is 0 Å². The van der Waals surface area contributed by atoms with E-state index in [1.165, 1.54) is 12.1 Å². The van der Waals surface area contributed by atoms with Crippen molar-refractivity contribution in [3.8, 4) is 5.75 Å². The number of phenolic OH excluding ortho intramolecular Hbond substituents is 1. The molecule has 0 aromatic heterocycles. The molecule has 106 valence electrons. The Balaban J connectivity index is 2.39. The predicted octanol–water partition coefficient (Wildman–Crippen LogP) is 0.417. The minimum absolute atomic E-state index is 0.155. The van der Waals surface area contributed by atoms with Crippen LogP contribution in [0.25, 0.3) is 0 Å². The zero-order chi connectivity index (χ0) is 14.3. The molecule has 0 aliphatic carbocycles. The van der Waals surface area contributed by atoms with E-state index < -0.39 is 21.7 Å². The van der Waals surface area contributed by atoms with Crippen LogP contribution < -0.4 is 4.72 Å². The fourth-order valence-electron chi connectivity index (χ4n) is 1.42. The van der Waals surface area contributed by atoms with Gasteiger partial charge in [-0.1, -0.05) is 12.1 Å². The molecule has 0 amide bonds. The minimum atomic E-state index is -3.66. The summed E-state index contributed by atoms with van der Waals surface area (Å²) in [6.45, 7) is 1.96. The molecule has 0 fully saturated rings. The Morgan fingerprint density at radius 2 is 1.95 bits per heavy atom. The highest BCUT2D eigenvalue weighted by atomic mass is 32.2. The number of esters is 1. The number of hydrogen-bond donors (Lipinski definition) is 2. The minimum Gasteiger partial charge on any atom is -0.508 e. The van der Waals surface area contributed by atoms with Crippen molar-refractivity contribution in [2.45, 2.75) is 13.3 Å². The van der Waals surface area contributed by atoms with Crippen molar-refractivity contribution in [3.05, 3.63) is 29.8 Å². The maximum Gasteiger partial charge on any atom is 0.322 e. The molecule has 0 bridgehead atoms. The van der Waals surface area contributed by atoms with Crippen LogP contribution in [0, 0.1) is 0 Å². The number of benzene rings is 1. The van der Waals surface area contributed by atoms with Crippen LogP contribution in [0.15, 0.2) is 24.3 Å². The SMILES string of the molecule is CCOC(=O)CS(=O)(=O)NCCc1ccc(O)cc1. The Labute approximate surface area is 112 Å². The second-order valence-electron chi connectivity index (χ2n) is 3.87. The number of sulfonamides is 1. The van der Waals surface area contributed by atoms with Crippen molar-refractivity contribution in [3.63, 3.8) is 0 Å². The summed E-state index contributed by atoms with van der Waals surface area (Å²) in [5.41, 5.74) is 0.886. The third kappa shape index (κ3) is 6.21. The van der Waals surface area contributed by atoms with Gasteiger partial charge in [-0.2, -0.15) is 0 Å². The number of ether oxygens (including phenoxy) is 1. The lowest BCUT2D eigenvalue weighted by molar-refractivity contribution is -0.139. The number of nitrogens with one attached hydrogen (secondary N) is 1. The standard InChI is InChI=1S/C12H17NO5S/c1-2-18-12(15)9-19(16,17)13-8-7-10-3-5-11(14)6-4-10/h3-6,13-14H,2,7-9H2,1H3. The number of carbonyl (C=O) groups is 1. The highest BCUT2D eigenvalue weighted by Gasteiger charge is 2.16. The summed E-state index contributed by atoms with van der Waals surface area (Å²) in [4.78, 5) is 11.1. The quantitative estimate of drug-likeness (QED) is 0.709. The first-order valence-electron chi connectivity index (χ1n) is 5.84. The molecule has 7 heteroatoms. The van der Waals surface area contributed by atoms with Gasteiger partial charge in [0.25, 0.3) is 0 Å². The number of hydrogen-bond acceptors (Lipinski definition) is 5. The topological polar surface area (TPSA) is 92.7 Å². The zero-order valence-electron chi connectivity index (χ0n) is 10.6. The van der Waals surface area contributed by atoms with Crippen LogP contribution in [-0.2, 0) is 26.0 Å². The summed E-state index contributed by atoms with van der Waals surface area (Å²) in [7, 11) is -3.66. The number of rotatable bonds is 7. The van der Waals surface area contributed by atoms with Crippen LogP contribution in [0.5, 0.6) is 5.75 Å². The maximum absolute atomic E-state index is 11.5. The van der Waals surface area contributed by atoms with E-state index in [0.717, 1.165) is 5.56 Å². The Hall–Kier alpha value is -1.60. The third-order valence-corrected chi connectivity index (χ3v) is 3.54. The van der Waals surface area contributed by atoms with E-state index in [2.05, 4.69) is 9.46 Å². The van der Waals surface area contributed by atoms with Gasteiger partial charge >= 0.3 is 5.97 Å². The summed E-state index contributed by atoms with van der Waals surface area (Å²) >= 11 is 0. The highest BCUT2D eigenvalue weighted by molar-refractivity contribution is 7.90. The van der Waals surface area contributed by atoms with Crippen molar-refractivity contribution in [1.29, 1.82) is 0 Å². The number of carbonyl (C=O) groups excluding carboxylic acids is 1. The fraction of sp³-hybridized carbons (Fsp3) is 0.417. The first-order valence-corrected chi connectivity index (χ1v) is 7.49. The maximum atomic E-state index is 11.5. The second-order valence-corrected chi connectivity index (χ2v) is 5.68. The van der Waals surface area contributed by atoms with Crippen molar-refractivity contribution in [2.24, 2.45) is 0 Å².